The summed E-state index contributed by atoms with van der Waals surface area (Å²) in [5, 5.41) is 3.24. The van der Waals surface area contributed by atoms with Gasteiger partial charge in [-0.1, -0.05) is 6.92 Å². The Labute approximate surface area is 131 Å². The van der Waals surface area contributed by atoms with Gasteiger partial charge in [0, 0.05) is 25.3 Å². The third-order valence-corrected chi connectivity index (χ3v) is 3.41. The Hall–Kier alpha value is -1.53. The van der Waals surface area contributed by atoms with Crippen molar-refractivity contribution in [3.8, 4) is 11.4 Å². The molecule has 6 heteroatoms. The molecule has 0 aliphatic rings. The van der Waals surface area contributed by atoms with Gasteiger partial charge in [-0.25, -0.2) is 14.4 Å². The first-order chi connectivity index (χ1) is 10.1. The van der Waals surface area contributed by atoms with Gasteiger partial charge in [-0.05, 0) is 40.5 Å². The van der Waals surface area contributed by atoms with Crippen LogP contribution in [0.2, 0.25) is 0 Å². The minimum atomic E-state index is -0.309. The Morgan fingerprint density at radius 2 is 2.10 bits per heavy atom. The zero-order valence-corrected chi connectivity index (χ0v) is 13.6. The molecule has 1 aromatic heterocycles. The highest BCUT2D eigenvalue weighted by Crippen LogP contribution is 2.24. The monoisotopic (exact) mass is 353 g/mol. The van der Waals surface area contributed by atoms with Gasteiger partial charge in [0.25, 0.3) is 0 Å². The summed E-state index contributed by atoms with van der Waals surface area (Å²) in [6.07, 6.45) is 1.00. The number of anilines is 1. The van der Waals surface area contributed by atoms with E-state index in [9.17, 15) is 4.39 Å². The van der Waals surface area contributed by atoms with E-state index in [0.29, 0.717) is 16.9 Å². The topological polar surface area (TPSA) is 47.0 Å². The van der Waals surface area contributed by atoms with Crippen molar-refractivity contribution >= 4 is 21.7 Å². The summed E-state index contributed by atoms with van der Waals surface area (Å²) in [5.41, 5.74) is 1.53. The maximum Gasteiger partial charge on any atom is 0.161 e. The maximum absolute atomic E-state index is 13.3. The number of benzene rings is 1. The van der Waals surface area contributed by atoms with Gasteiger partial charge in [0.1, 0.15) is 11.6 Å². The highest BCUT2D eigenvalue weighted by molar-refractivity contribution is 9.10. The van der Waals surface area contributed by atoms with E-state index in [1.807, 2.05) is 6.07 Å². The third-order valence-electron chi connectivity index (χ3n) is 2.81. The maximum atomic E-state index is 13.3. The summed E-state index contributed by atoms with van der Waals surface area (Å²) < 4.78 is 18.9. The number of aromatic nitrogens is 2. The summed E-state index contributed by atoms with van der Waals surface area (Å²) in [6.45, 7) is 3.32. The molecule has 0 aliphatic heterocycles. The molecule has 1 N–H and O–H groups in total. The molecule has 0 saturated heterocycles. The van der Waals surface area contributed by atoms with Gasteiger partial charge in [-0.2, -0.15) is 0 Å². The van der Waals surface area contributed by atoms with Crippen LogP contribution in [-0.2, 0) is 11.3 Å². The lowest BCUT2D eigenvalue weighted by molar-refractivity contribution is 0.181. The molecule has 4 nitrogen and oxygen atoms in total. The quantitative estimate of drug-likeness (QED) is 0.851. The van der Waals surface area contributed by atoms with Gasteiger partial charge in [0.05, 0.1) is 16.8 Å². The SMILES string of the molecule is CCCNc1cc(COC)nc(-c2ccc(F)c(Br)c2)n1. The van der Waals surface area contributed by atoms with Crippen LogP contribution in [0.3, 0.4) is 0 Å². The fourth-order valence-corrected chi connectivity index (χ4v) is 2.21. The van der Waals surface area contributed by atoms with E-state index in [-0.39, 0.29) is 5.82 Å². The molecule has 112 valence electrons. The first-order valence-electron chi connectivity index (χ1n) is 6.70. The minimum Gasteiger partial charge on any atom is -0.378 e. The van der Waals surface area contributed by atoms with E-state index < -0.39 is 0 Å². The predicted octanol–water partition coefficient (Wildman–Crippen LogP) is 4.01. The van der Waals surface area contributed by atoms with E-state index in [0.717, 1.165) is 30.0 Å². The molecule has 0 amide bonds. The third kappa shape index (κ3) is 4.22. The molecule has 2 aromatic rings. The van der Waals surface area contributed by atoms with E-state index >= 15 is 0 Å². The van der Waals surface area contributed by atoms with Crippen molar-refractivity contribution in [2.75, 3.05) is 19.0 Å². The lowest BCUT2D eigenvalue weighted by atomic mass is 10.2. The van der Waals surface area contributed by atoms with E-state index in [4.69, 9.17) is 4.74 Å². The van der Waals surface area contributed by atoms with Gasteiger partial charge in [0.2, 0.25) is 0 Å². The zero-order valence-electron chi connectivity index (χ0n) is 12.0. The van der Waals surface area contributed by atoms with Gasteiger partial charge in [-0.15, -0.1) is 0 Å². The standard InChI is InChI=1S/C15H17BrFN3O/c1-3-6-18-14-8-11(9-21-2)19-15(20-14)10-4-5-13(17)12(16)7-10/h4-5,7-8H,3,6,9H2,1-2H3,(H,18,19,20). The van der Waals surface area contributed by atoms with Crippen molar-refractivity contribution in [2.24, 2.45) is 0 Å². The highest BCUT2D eigenvalue weighted by Gasteiger charge is 2.09. The Kier molecular flexibility index (Phi) is 5.64. The van der Waals surface area contributed by atoms with Crippen molar-refractivity contribution in [3.05, 3.63) is 40.2 Å². The van der Waals surface area contributed by atoms with E-state index in [1.165, 1.54) is 6.07 Å². The number of hydrogen-bond acceptors (Lipinski definition) is 4. The fourth-order valence-electron chi connectivity index (χ4n) is 1.83. The molecule has 2 rings (SSSR count). The summed E-state index contributed by atoms with van der Waals surface area (Å²) in [7, 11) is 1.62. The molecular formula is C15H17BrFN3O. The average molecular weight is 354 g/mol. The van der Waals surface area contributed by atoms with Crippen LogP contribution >= 0.6 is 15.9 Å². The number of hydrogen-bond donors (Lipinski definition) is 1. The lowest BCUT2D eigenvalue weighted by Crippen LogP contribution is -2.06. The molecule has 0 fully saturated rings. The van der Waals surface area contributed by atoms with Crippen LogP contribution in [0, 0.1) is 5.82 Å². The molecule has 21 heavy (non-hydrogen) atoms. The Morgan fingerprint density at radius 3 is 2.76 bits per heavy atom. The zero-order chi connectivity index (χ0) is 15.2. The summed E-state index contributed by atoms with van der Waals surface area (Å²) in [4.78, 5) is 8.93. The molecule has 0 bridgehead atoms. The molecule has 0 unspecified atom stereocenters. The van der Waals surface area contributed by atoms with Crippen LogP contribution in [0.25, 0.3) is 11.4 Å². The van der Waals surface area contributed by atoms with Crippen molar-refractivity contribution in [3.63, 3.8) is 0 Å². The molecule has 1 aromatic carbocycles. The van der Waals surface area contributed by atoms with Gasteiger partial charge in [0.15, 0.2) is 5.82 Å². The van der Waals surface area contributed by atoms with Crippen LogP contribution in [0.1, 0.15) is 19.0 Å². The second-order valence-electron chi connectivity index (χ2n) is 4.56. The Balaban J connectivity index is 2.40. The molecule has 0 saturated carbocycles. The highest BCUT2D eigenvalue weighted by atomic mass is 79.9. The largest absolute Gasteiger partial charge is 0.378 e. The summed E-state index contributed by atoms with van der Waals surface area (Å²) in [6, 6.07) is 6.59. The van der Waals surface area contributed by atoms with Crippen molar-refractivity contribution in [1.82, 2.24) is 9.97 Å². The molecule has 0 radical (unpaired) electrons. The van der Waals surface area contributed by atoms with Gasteiger partial charge < -0.3 is 10.1 Å². The van der Waals surface area contributed by atoms with Crippen molar-refractivity contribution in [2.45, 2.75) is 20.0 Å². The van der Waals surface area contributed by atoms with E-state index in [2.05, 4.69) is 38.1 Å². The number of ether oxygens (including phenoxy) is 1. The molecule has 0 atom stereocenters. The average Bonchev–Trinajstić information content (AvgIpc) is 2.48. The lowest BCUT2D eigenvalue weighted by Gasteiger charge is -2.09. The first kappa shape index (κ1) is 15.9. The first-order valence-corrected chi connectivity index (χ1v) is 7.49. The van der Waals surface area contributed by atoms with Crippen LogP contribution in [0.5, 0.6) is 0 Å². The van der Waals surface area contributed by atoms with Crippen LogP contribution < -0.4 is 5.32 Å². The Bertz CT molecular complexity index is 622. The number of rotatable bonds is 6. The predicted molar refractivity (Wildman–Crippen MR) is 84.6 cm³/mol. The number of halogens is 2. The van der Waals surface area contributed by atoms with Crippen molar-refractivity contribution in [1.29, 1.82) is 0 Å². The van der Waals surface area contributed by atoms with Gasteiger partial charge in [-0.3, -0.25) is 0 Å². The summed E-state index contributed by atoms with van der Waals surface area (Å²) >= 11 is 3.18. The van der Waals surface area contributed by atoms with Gasteiger partial charge >= 0.3 is 0 Å². The number of nitrogens with zero attached hydrogens (tertiary/aromatic N) is 2. The second kappa shape index (κ2) is 7.47. The molecule has 0 aliphatic carbocycles. The van der Waals surface area contributed by atoms with Crippen molar-refractivity contribution < 1.29 is 9.13 Å². The molecular weight excluding hydrogens is 337 g/mol. The molecule has 1 heterocycles. The number of nitrogens with one attached hydrogen (secondary N) is 1. The Morgan fingerprint density at radius 1 is 1.29 bits per heavy atom. The normalized spacial score (nSPS) is 10.7. The van der Waals surface area contributed by atoms with Crippen LogP contribution in [0.4, 0.5) is 10.2 Å². The van der Waals surface area contributed by atoms with Crippen LogP contribution in [0.15, 0.2) is 28.7 Å². The fraction of sp³-hybridized carbons (Fsp3) is 0.333. The minimum absolute atomic E-state index is 0.309. The second-order valence-corrected chi connectivity index (χ2v) is 5.41. The number of methoxy groups -OCH3 is 1. The van der Waals surface area contributed by atoms with E-state index in [1.54, 1.807) is 19.2 Å². The molecule has 0 spiro atoms. The van der Waals surface area contributed by atoms with Crippen LogP contribution in [-0.4, -0.2) is 23.6 Å². The summed E-state index contributed by atoms with van der Waals surface area (Å²) in [5.74, 6) is 0.981. The smallest absolute Gasteiger partial charge is 0.161 e.